The molecule has 3 heteroatoms. The fraction of sp³-hybridized carbons (Fsp3) is 0.923. The molecule has 1 amide bonds. The number of amides is 1. The van der Waals surface area contributed by atoms with Crippen LogP contribution in [0.2, 0.25) is 0 Å². The Labute approximate surface area is 104 Å². The maximum Gasteiger partial charge on any atom is 0.222 e. The van der Waals surface area contributed by atoms with Gasteiger partial charge < -0.3 is 4.90 Å². The Morgan fingerprint density at radius 2 is 1.75 bits per heavy atom. The number of likely N-dealkylation sites (tertiary alicyclic amines) is 1. The molecule has 1 rings (SSSR count). The highest BCUT2D eigenvalue weighted by atomic mass is 31.0. The summed E-state index contributed by atoms with van der Waals surface area (Å²) >= 11 is 0. The summed E-state index contributed by atoms with van der Waals surface area (Å²) in [7, 11) is 2.82. The van der Waals surface area contributed by atoms with Crippen LogP contribution >= 0.6 is 9.24 Å². The molecule has 0 saturated carbocycles. The number of carbonyl (C=O) groups is 1. The van der Waals surface area contributed by atoms with Crippen LogP contribution in [0.15, 0.2) is 0 Å². The Balaban J connectivity index is 0. The largest absolute Gasteiger partial charge is 0.339 e. The van der Waals surface area contributed by atoms with Crippen LogP contribution in [0, 0.1) is 0 Å². The van der Waals surface area contributed by atoms with Crippen LogP contribution in [0.3, 0.4) is 0 Å². The summed E-state index contributed by atoms with van der Waals surface area (Å²) in [6.45, 7) is 13.0. The van der Waals surface area contributed by atoms with Crippen LogP contribution in [0.4, 0.5) is 0 Å². The summed E-state index contributed by atoms with van der Waals surface area (Å²) < 4.78 is 0. The van der Waals surface area contributed by atoms with Crippen LogP contribution in [0.5, 0.6) is 0 Å². The van der Waals surface area contributed by atoms with Crippen molar-refractivity contribution in [2.75, 3.05) is 6.54 Å². The molecule has 0 radical (unpaired) electrons. The van der Waals surface area contributed by atoms with Crippen LogP contribution in [0.25, 0.3) is 0 Å². The van der Waals surface area contributed by atoms with Gasteiger partial charge in [0.05, 0.1) is 0 Å². The van der Waals surface area contributed by atoms with Crippen molar-refractivity contribution >= 4 is 15.1 Å². The minimum atomic E-state index is 0.312. The highest BCUT2D eigenvalue weighted by Gasteiger charge is 2.30. The third-order valence-corrected chi connectivity index (χ3v) is 3.02. The Morgan fingerprint density at radius 1 is 1.25 bits per heavy atom. The second-order valence-electron chi connectivity index (χ2n) is 3.46. The van der Waals surface area contributed by atoms with E-state index in [0.29, 0.717) is 24.0 Å². The van der Waals surface area contributed by atoms with Crippen molar-refractivity contribution in [2.24, 2.45) is 0 Å². The predicted molar refractivity (Wildman–Crippen MR) is 76.9 cm³/mol. The zero-order chi connectivity index (χ0) is 13.1. The predicted octanol–water partition coefficient (Wildman–Crippen LogP) is 3.70. The molecule has 0 aromatic carbocycles. The molecular weight excluding hydrogens is 217 g/mol. The first-order chi connectivity index (χ1) is 7.69. The normalized spacial score (nSPS) is 22.8. The molecule has 3 unspecified atom stereocenters. The molecule has 0 bridgehead atoms. The van der Waals surface area contributed by atoms with E-state index in [4.69, 9.17) is 0 Å². The van der Waals surface area contributed by atoms with Gasteiger partial charge in [0.1, 0.15) is 0 Å². The van der Waals surface area contributed by atoms with E-state index in [1.807, 2.05) is 39.5 Å². The minimum Gasteiger partial charge on any atom is -0.339 e. The van der Waals surface area contributed by atoms with Crippen LogP contribution in [0.1, 0.15) is 60.8 Å². The number of nitrogens with zero attached hydrogens (tertiary/aromatic N) is 1. The number of carbonyl (C=O) groups excluding carboxylic acids is 1. The minimum absolute atomic E-state index is 0.312. The first-order valence-electron chi connectivity index (χ1n) is 6.74. The highest BCUT2D eigenvalue weighted by molar-refractivity contribution is 7.17. The number of hydrogen-bond donors (Lipinski definition) is 0. The molecule has 0 aromatic rings. The zero-order valence-corrected chi connectivity index (χ0v) is 13.1. The van der Waals surface area contributed by atoms with Gasteiger partial charge in [-0.2, -0.15) is 0 Å². The van der Waals surface area contributed by atoms with Crippen molar-refractivity contribution < 1.29 is 4.79 Å². The molecule has 98 valence electrons. The van der Waals surface area contributed by atoms with Crippen molar-refractivity contribution in [3.8, 4) is 0 Å². The standard InChI is InChI=1S/C9H18NOP.2C2H6/c1-3-7-5-8(12)6-10(7)9(11)4-2;2*1-2/h7-8H,3-6,12H2,1-2H3;2*1-2H3. The fourth-order valence-corrected chi connectivity index (χ4v) is 2.39. The average Bonchev–Trinajstić information content (AvgIpc) is 2.74. The second kappa shape index (κ2) is 11.4. The van der Waals surface area contributed by atoms with Crippen LogP contribution in [-0.4, -0.2) is 29.1 Å². The van der Waals surface area contributed by atoms with Gasteiger partial charge in [-0.3, -0.25) is 4.79 Å². The molecule has 1 aliphatic heterocycles. The van der Waals surface area contributed by atoms with Crippen molar-refractivity contribution in [3.63, 3.8) is 0 Å². The summed E-state index contributed by atoms with van der Waals surface area (Å²) in [5.74, 6) is 0.312. The molecule has 1 fully saturated rings. The van der Waals surface area contributed by atoms with Gasteiger partial charge in [-0.1, -0.05) is 41.5 Å². The summed E-state index contributed by atoms with van der Waals surface area (Å²) in [5, 5.41) is 0. The lowest BCUT2D eigenvalue weighted by atomic mass is 10.1. The van der Waals surface area contributed by atoms with E-state index in [2.05, 4.69) is 16.2 Å². The van der Waals surface area contributed by atoms with E-state index in [1.54, 1.807) is 0 Å². The third kappa shape index (κ3) is 5.84. The fourth-order valence-electron chi connectivity index (χ4n) is 1.85. The van der Waals surface area contributed by atoms with Crippen LogP contribution in [-0.2, 0) is 4.79 Å². The molecule has 1 saturated heterocycles. The van der Waals surface area contributed by atoms with E-state index >= 15 is 0 Å². The molecule has 0 N–H and O–H groups in total. The van der Waals surface area contributed by atoms with Crippen molar-refractivity contribution in [1.29, 1.82) is 0 Å². The molecule has 3 atom stereocenters. The van der Waals surface area contributed by atoms with Gasteiger partial charge in [0.25, 0.3) is 0 Å². The lowest BCUT2D eigenvalue weighted by Crippen LogP contribution is -2.34. The SMILES string of the molecule is CC.CC.CCC(=O)N1CC(P)CC1CC. The van der Waals surface area contributed by atoms with E-state index in [1.165, 1.54) is 0 Å². The lowest BCUT2D eigenvalue weighted by molar-refractivity contribution is -0.131. The molecule has 1 heterocycles. The van der Waals surface area contributed by atoms with E-state index in [0.717, 1.165) is 19.4 Å². The molecule has 0 aliphatic carbocycles. The van der Waals surface area contributed by atoms with Crippen molar-refractivity contribution in [1.82, 2.24) is 4.90 Å². The summed E-state index contributed by atoms with van der Waals surface area (Å²) in [6.07, 6.45) is 2.90. The van der Waals surface area contributed by atoms with E-state index < -0.39 is 0 Å². The maximum absolute atomic E-state index is 11.4. The van der Waals surface area contributed by atoms with Crippen LogP contribution < -0.4 is 0 Å². The Kier molecular flexibility index (Phi) is 13.0. The Hall–Kier alpha value is -0.100. The molecular formula is C13H30NOP. The zero-order valence-electron chi connectivity index (χ0n) is 11.9. The second-order valence-corrected chi connectivity index (χ2v) is 4.40. The number of hydrogen-bond acceptors (Lipinski definition) is 1. The number of rotatable bonds is 2. The monoisotopic (exact) mass is 247 g/mol. The molecule has 2 nitrogen and oxygen atoms in total. The van der Waals surface area contributed by atoms with Gasteiger partial charge >= 0.3 is 0 Å². The molecule has 0 spiro atoms. The summed E-state index contributed by atoms with van der Waals surface area (Å²) in [5.41, 5.74) is 0.616. The Morgan fingerprint density at radius 3 is 2.12 bits per heavy atom. The van der Waals surface area contributed by atoms with Gasteiger partial charge in [0.15, 0.2) is 0 Å². The van der Waals surface area contributed by atoms with E-state index in [9.17, 15) is 4.79 Å². The van der Waals surface area contributed by atoms with Crippen molar-refractivity contribution in [3.05, 3.63) is 0 Å². The third-order valence-electron chi connectivity index (χ3n) is 2.54. The first kappa shape index (κ1) is 18.3. The average molecular weight is 247 g/mol. The van der Waals surface area contributed by atoms with Gasteiger partial charge in [-0.25, -0.2) is 0 Å². The lowest BCUT2D eigenvalue weighted by Gasteiger charge is -2.22. The van der Waals surface area contributed by atoms with Crippen molar-refractivity contribution in [2.45, 2.75) is 72.5 Å². The molecule has 0 aromatic heterocycles. The molecule has 16 heavy (non-hydrogen) atoms. The van der Waals surface area contributed by atoms with E-state index in [-0.39, 0.29) is 0 Å². The van der Waals surface area contributed by atoms with Gasteiger partial charge in [0, 0.05) is 19.0 Å². The van der Waals surface area contributed by atoms with Gasteiger partial charge in [-0.05, 0) is 18.5 Å². The maximum atomic E-state index is 11.4. The summed E-state index contributed by atoms with van der Waals surface area (Å²) in [4.78, 5) is 13.5. The quantitative estimate of drug-likeness (QED) is 0.681. The molecule has 1 aliphatic rings. The summed E-state index contributed by atoms with van der Waals surface area (Å²) in [6, 6.07) is 0.500. The highest BCUT2D eigenvalue weighted by Crippen LogP contribution is 2.25. The van der Waals surface area contributed by atoms with Gasteiger partial charge in [0.2, 0.25) is 5.91 Å². The van der Waals surface area contributed by atoms with Gasteiger partial charge in [-0.15, -0.1) is 9.24 Å². The topological polar surface area (TPSA) is 20.3 Å². The smallest absolute Gasteiger partial charge is 0.222 e. The first-order valence-corrected chi connectivity index (χ1v) is 7.40. The Bertz CT molecular complexity index is 173.